The molecule has 0 aromatic heterocycles. The predicted molar refractivity (Wildman–Crippen MR) is 105 cm³/mol. The molecule has 0 heterocycles. The first-order valence-electron chi connectivity index (χ1n) is 8.09. The molecule has 0 saturated carbocycles. The summed E-state index contributed by atoms with van der Waals surface area (Å²) >= 11 is 5.82. The average Bonchev–Trinajstić information content (AvgIpc) is 2.66. The molecule has 0 bridgehead atoms. The summed E-state index contributed by atoms with van der Waals surface area (Å²) in [5, 5.41) is 19.3. The van der Waals surface area contributed by atoms with Crippen LogP contribution in [0.25, 0.3) is 0 Å². The second kappa shape index (κ2) is 8.38. The van der Waals surface area contributed by atoms with E-state index in [4.69, 9.17) is 21.4 Å². The maximum Gasteiger partial charge on any atom is 0.335 e. The third-order valence-corrected chi connectivity index (χ3v) is 4.03. The van der Waals surface area contributed by atoms with Crippen molar-refractivity contribution in [3.05, 3.63) is 88.4 Å². The molecule has 0 aliphatic heterocycles. The highest BCUT2D eigenvalue weighted by Gasteiger charge is 2.05. The highest BCUT2D eigenvalue weighted by Crippen LogP contribution is 2.29. The summed E-state index contributed by atoms with van der Waals surface area (Å²) in [4.78, 5) is 15.2. The molecule has 0 aliphatic carbocycles. The number of halogens is 1. The van der Waals surface area contributed by atoms with Gasteiger partial charge in [-0.25, -0.2) is 4.79 Å². The van der Waals surface area contributed by atoms with Crippen molar-refractivity contribution >= 4 is 29.5 Å². The Morgan fingerprint density at radius 2 is 1.81 bits per heavy atom. The van der Waals surface area contributed by atoms with Gasteiger partial charge in [0.25, 0.3) is 0 Å². The molecule has 0 spiro atoms. The van der Waals surface area contributed by atoms with Gasteiger partial charge in [-0.05, 0) is 42.0 Å². The van der Waals surface area contributed by atoms with Gasteiger partial charge in [0, 0.05) is 22.9 Å². The minimum Gasteiger partial charge on any atom is -0.506 e. The number of aromatic hydroxyl groups is 1. The Morgan fingerprint density at radius 3 is 2.52 bits per heavy atom. The predicted octanol–water partition coefficient (Wildman–Crippen LogP) is 5.07. The first-order valence-corrected chi connectivity index (χ1v) is 8.47. The molecule has 0 amide bonds. The van der Waals surface area contributed by atoms with Crippen LogP contribution in [0.1, 0.15) is 21.5 Å². The molecule has 0 fully saturated rings. The van der Waals surface area contributed by atoms with Crippen LogP contribution >= 0.6 is 11.6 Å². The number of phenols is 1. The molecule has 3 aromatic rings. The van der Waals surface area contributed by atoms with Crippen LogP contribution < -0.4 is 4.74 Å². The van der Waals surface area contributed by atoms with Crippen molar-refractivity contribution in [3.8, 4) is 11.5 Å². The summed E-state index contributed by atoms with van der Waals surface area (Å²) < 4.78 is 5.84. The number of nitrogens with zero attached hydrogens (tertiary/aromatic N) is 1. The molecule has 2 N–H and O–H groups in total. The number of hydrogen-bond acceptors (Lipinski definition) is 4. The fourth-order valence-corrected chi connectivity index (χ4v) is 2.53. The summed E-state index contributed by atoms with van der Waals surface area (Å²) in [5.41, 5.74) is 2.23. The molecule has 0 radical (unpaired) electrons. The Balaban J connectivity index is 1.73. The maximum absolute atomic E-state index is 10.9. The number of carboxylic acid groups (broad SMARTS) is 1. The second-order valence-corrected chi connectivity index (χ2v) is 6.16. The van der Waals surface area contributed by atoms with E-state index in [1.54, 1.807) is 30.5 Å². The number of benzene rings is 3. The van der Waals surface area contributed by atoms with Crippen LogP contribution in [0, 0.1) is 0 Å². The summed E-state index contributed by atoms with van der Waals surface area (Å²) in [6.07, 6.45) is 1.60. The molecule has 3 aromatic carbocycles. The van der Waals surface area contributed by atoms with E-state index in [0.717, 1.165) is 11.1 Å². The second-order valence-electron chi connectivity index (χ2n) is 5.72. The van der Waals surface area contributed by atoms with E-state index in [1.165, 1.54) is 18.2 Å². The van der Waals surface area contributed by atoms with Gasteiger partial charge in [0.05, 0.1) is 5.56 Å². The van der Waals surface area contributed by atoms with Gasteiger partial charge in [-0.2, -0.15) is 0 Å². The first kappa shape index (κ1) is 18.5. The van der Waals surface area contributed by atoms with Gasteiger partial charge in [-0.15, -0.1) is 0 Å². The zero-order valence-corrected chi connectivity index (χ0v) is 14.9. The number of aromatic carboxylic acids is 1. The third-order valence-electron chi connectivity index (χ3n) is 3.79. The molecular weight excluding hydrogens is 366 g/mol. The van der Waals surface area contributed by atoms with Crippen molar-refractivity contribution in [3.63, 3.8) is 0 Å². The van der Waals surface area contributed by atoms with E-state index < -0.39 is 5.97 Å². The summed E-state index contributed by atoms with van der Waals surface area (Å²) in [6, 6.07) is 18.6. The van der Waals surface area contributed by atoms with Crippen molar-refractivity contribution < 1.29 is 19.7 Å². The van der Waals surface area contributed by atoms with E-state index in [-0.39, 0.29) is 17.9 Å². The summed E-state index contributed by atoms with van der Waals surface area (Å²) in [6.45, 7) is 0.289. The van der Waals surface area contributed by atoms with E-state index in [2.05, 4.69) is 4.99 Å². The number of hydrogen-bond donors (Lipinski definition) is 2. The molecule has 27 heavy (non-hydrogen) atoms. The lowest BCUT2D eigenvalue weighted by Crippen LogP contribution is -2.00. The Hall–Kier alpha value is -3.31. The summed E-state index contributed by atoms with van der Waals surface area (Å²) in [7, 11) is 0. The van der Waals surface area contributed by atoms with Crippen LogP contribution in [0.2, 0.25) is 5.02 Å². The zero-order valence-electron chi connectivity index (χ0n) is 14.2. The standard InChI is InChI=1S/C21H16ClNO4/c22-17-9-10-18(19(24)11-17)23-12-16-3-1-2-4-20(16)27-13-14-5-7-15(8-6-14)21(25)26/h1-12,24H,13H2,(H,25,26). The molecule has 6 heteroatoms. The minimum atomic E-state index is -0.963. The lowest BCUT2D eigenvalue weighted by atomic mass is 10.1. The topological polar surface area (TPSA) is 79.1 Å². The molecule has 0 aliphatic rings. The first-order chi connectivity index (χ1) is 13.0. The average molecular weight is 382 g/mol. The van der Waals surface area contributed by atoms with E-state index in [9.17, 15) is 9.90 Å². The van der Waals surface area contributed by atoms with Gasteiger partial charge >= 0.3 is 5.97 Å². The van der Waals surface area contributed by atoms with Crippen molar-refractivity contribution in [2.45, 2.75) is 6.61 Å². The van der Waals surface area contributed by atoms with Crippen LogP contribution in [0.4, 0.5) is 5.69 Å². The number of ether oxygens (including phenoxy) is 1. The number of para-hydroxylation sites is 1. The number of carboxylic acids is 1. The molecular formula is C21H16ClNO4. The summed E-state index contributed by atoms with van der Waals surface area (Å²) in [5.74, 6) is -0.345. The van der Waals surface area contributed by atoms with Gasteiger partial charge in [0.15, 0.2) is 0 Å². The molecule has 0 atom stereocenters. The highest BCUT2D eigenvalue weighted by molar-refractivity contribution is 6.30. The van der Waals surface area contributed by atoms with E-state index in [0.29, 0.717) is 16.5 Å². The van der Waals surface area contributed by atoms with Crippen LogP contribution in [-0.4, -0.2) is 22.4 Å². The number of rotatable bonds is 6. The lowest BCUT2D eigenvalue weighted by molar-refractivity contribution is 0.0697. The highest BCUT2D eigenvalue weighted by atomic mass is 35.5. The number of carbonyl (C=O) groups is 1. The Labute approximate surface area is 161 Å². The largest absolute Gasteiger partial charge is 0.506 e. The van der Waals surface area contributed by atoms with Crippen molar-refractivity contribution in [2.24, 2.45) is 4.99 Å². The quantitative estimate of drug-likeness (QED) is 0.584. The number of phenolic OH excluding ortho intramolecular Hbond substituents is 1. The Bertz CT molecular complexity index is 984. The lowest BCUT2D eigenvalue weighted by Gasteiger charge is -2.09. The van der Waals surface area contributed by atoms with E-state index >= 15 is 0 Å². The zero-order chi connectivity index (χ0) is 19.2. The third kappa shape index (κ3) is 4.86. The molecule has 5 nitrogen and oxygen atoms in total. The van der Waals surface area contributed by atoms with Gasteiger partial charge in [-0.1, -0.05) is 35.9 Å². The SMILES string of the molecule is O=C(O)c1ccc(COc2ccccc2C=Nc2ccc(Cl)cc2O)cc1. The Morgan fingerprint density at radius 1 is 1.07 bits per heavy atom. The van der Waals surface area contributed by atoms with Crippen molar-refractivity contribution in [1.29, 1.82) is 0 Å². The number of aliphatic imine (C=N–C) groups is 1. The van der Waals surface area contributed by atoms with Crippen LogP contribution in [0.15, 0.2) is 71.7 Å². The fourth-order valence-electron chi connectivity index (χ4n) is 2.37. The van der Waals surface area contributed by atoms with Crippen molar-refractivity contribution in [1.82, 2.24) is 0 Å². The van der Waals surface area contributed by atoms with Crippen LogP contribution in [0.3, 0.4) is 0 Å². The smallest absolute Gasteiger partial charge is 0.335 e. The van der Waals surface area contributed by atoms with Crippen LogP contribution in [-0.2, 0) is 6.61 Å². The molecule has 0 saturated heterocycles. The van der Waals surface area contributed by atoms with Gasteiger partial charge in [0.2, 0.25) is 0 Å². The normalized spacial score (nSPS) is 10.9. The molecule has 136 valence electrons. The maximum atomic E-state index is 10.9. The monoisotopic (exact) mass is 381 g/mol. The molecule has 3 rings (SSSR count). The van der Waals surface area contributed by atoms with Gasteiger partial charge < -0.3 is 14.9 Å². The molecule has 0 unspecified atom stereocenters. The van der Waals surface area contributed by atoms with E-state index in [1.807, 2.05) is 24.3 Å². The minimum absolute atomic E-state index is 0.00401. The van der Waals surface area contributed by atoms with Gasteiger partial charge in [-0.3, -0.25) is 4.99 Å². The van der Waals surface area contributed by atoms with Crippen molar-refractivity contribution in [2.75, 3.05) is 0 Å². The Kier molecular flexibility index (Phi) is 5.74. The van der Waals surface area contributed by atoms with Crippen LogP contribution in [0.5, 0.6) is 11.5 Å². The van der Waals surface area contributed by atoms with Gasteiger partial charge in [0.1, 0.15) is 23.8 Å². The fraction of sp³-hybridized carbons (Fsp3) is 0.0476.